The van der Waals surface area contributed by atoms with E-state index in [2.05, 4.69) is 28.0 Å². The smallest absolute Gasteiger partial charge is 0.203 e. The van der Waals surface area contributed by atoms with E-state index in [1.165, 1.54) is 5.56 Å². The Morgan fingerprint density at radius 1 is 0.793 bits per heavy atom. The maximum atomic E-state index is 5.89. The minimum Gasteiger partial charge on any atom is -0.493 e. The van der Waals surface area contributed by atoms with Crippen molar-refractivity contribution in [1.82, 2.24) is 9.80 Å². The van der Waals surface area contributed by atoms with Crippen molar-refractivity contribution in [2.75, 3.05) is 53.2 Å². The molecule has 0 spiro atoms. The van der Waals surface area contributed by atoms with Crippen LogP contribution in [0.3, 0.4) is 0 Å². The lowest BCUT2D eigenvalue weighted by Crippen LogP contribution is -2.45. The zero-order chi connectivity index (χ0) is 19.2. The molecule has 1 aliphatic rings. The first-order valence-corrected chi connectivity index (χ1v) is 9.21. The summed E-state index contributed by atoms with van der Waals surface area (Å²) in [4.78, 5) is 4.91. The van der Waals surface area contributed by atoms with Crippen molar-refractivity contribution in [2.45, 2.75) is 13.1 Å². The summed E-state index contributed by atoms with van der Waals surface area (Å²) in [5.41, 5.74) is 9.09. The Labute approximate surface area is 185 Å². The van der Waals surface area contributed by atoms with Crippen LogP contribution >= 0.6 is 24.8 Å². The number of hydrogen-bond donors (Lipinski definition) is 1. The van der Waals surface area contributed by atoms with Crippen molar-refractivity contribution >= 4 is 30.5 Å². The highest BCUT2D eigenvalue weighted by Crippen LogP contribution is 2.40. The number of nitrogens with two attached hydrogens (primary N) is 1. The van der Waals surface area contributed by atoms with E-state index in [1.54, 1.807) is 21.3 Å². The molecule has 0 unspecified atom stereocenters. The highest BCUT2D eigenvalue weighted by molar-refractivity contribution is 5.85. The van der Waals surface area contributed by atoms with E-state index in [0.717, 1.165) is 56.3 Å². The minimum atomic E-state index is 0. The SMILES string of the molecule is COc1ccc(CN2CCN(Cc3cccc(N)c3)CC2)c(OC)c1OC.Cl.Cl. The Morgan fingerprint density at radius 3 is 1.97 bits per heavy atom. The normalized spacial score (nSPS) is 14.4. The molecule has 2 aromatic carbocycles. The molecule has 0 aromatic heterocycles. The zero-order valence-electron chi connectivity index (χ0n) is 17.2. The van der Waals surface area contributed by atoms with Gasteiger partial charge in [-0.2, -0.15) is 0 Å². The quantitative estimate of drug-likeness (QED) is 0.661. The second-order valence-corrected chi connectivity index (χ2v) is 6.79. The fourth-order valence-electron chi connectivity index (χ4n) is 3.58. The topological polar surface area (TPSA) is 60.2 Å². The molecule has 162 valence electrons. The van der Waals surface area contributed by atoms with E-state index < -0.39 is 0 Å². The van der Waals surface area contributed by atoms with Gasteiger partial charge in [-0.1, -0.05) is 18.2 Å². The van der Waals surface area contributed by atoms with Crippen molar-refractivity contribution in [1.29, 1.82) is 0 Å². The molecule has 2 N–H and O–H groups in total. The monoisotopic (exact) mass is 443 g/mol. The third-order valence-corrected chi connectivity index (χ3v) is 5.00. The lowest BCUT2D eigenvalue weighted by molar-refractivity contribution is 0.121. The molecule has 0 aliphatic carbocycles. The lowest BCUT2D eigenvalue weighted by atomic mass is 10.1. The summed E-state index contributed by atoms with van der Waals surface area (Å²) in [7, 11) is 4.94. The molecule has 0 saturated carbocycles. The average molecular weight is 444 g/mol. The fraction of sp³-hybridized carbons (Fsp3) is 0.429. The molecule has 0 radical (unpaired) electrons. The van der Waals surface area contributed by atoms with Gasteiger partial charge in [-0.25, -0.2) is 0 Å². The maximum absolute atomic E-state index is 5.89. The summed E-state index contributed by atoms with van der Waals surface area (Å²) in [5, 5.41) is 0. The van der Waals surface area contributed by atoms with E-state index in [-0.39, 0.29) is 24.8 Å². The van der Waals surface area contributed by atoms with Crippen molar-refractivity contribution in [2.24, 2.45) is 0 Å². The van der Waals surface area contributed by atoms with Crippen LogP contribution in [0.2, 0.25) is 0 Å². The van der Waals surface area contributed by atoms with Gasteiger partial charge in [0.05, 0.1) is 21.3 Å². The van der Waals surface area contributed by atoms with Gasteiger partial charge in [0.2, 0.25) is 5.75 Å². The van der Waals surface area contributed by atoms with Crippen molar-refractivity contribution < 1.29 is 14.2 Å². The summed E-state index contributed by atoms with van der Waals surface area (Å²) in [6.45, 7) is 5.86. The first kappa shape index (κ1) is 25.2. The lowest BCUT2D eigenvalue weighted by Gasteiger charge is -2.35. The van der Waals surface area contributed by atoms with Crippen LogP contribution in [-0.4, -0.2) is 57.3 Å². The summed E-state index contributed by atoms with van der Waals surface area (Å²) in [6, 6.07) is 12.1. The van der Waals surface area contributed by atoms with E-state index in [1.807, 2.05) is 18.2 Å². The number of nitrogen functional groups attached to an aromatic ring is 1. The van der Waals surface area contributed by atoms with Crippen LogP contribution in [0.5, 0.6) is 17.2 Å². The number of rotatable bonds is 7. The molecule has 1 fully saturated rings. The van der Waals surface area contributed by atoms with Crippen LogP contribution in [0.4, 0.5) is 5.69 Å². The van der Waals surface area contributed by atoms with Gasteiger partial charge in [-0.05, 0) is 23.8 Å². The molecule has 3 rings (SSSR count). The number of anilines is 1. The molecular formula is C21H31Cl2N3O3. The Bertz CT molecular complexity index is 769. The standard InChI is InChI=1S/C21H29N3O3.2ClH/c1-25-19-8-7-17(20(26-2)21(19)27-3)15-24-11-9-23(10-12-24)14-16-5-4-6-18(22)13-16;;/h4-8,13H,9-12,14-15,22H2,1-3H3;2*1H. The summed E-state index contributed by atoms with van der Waals surface area (Å²) < 4.78 is 16.5. The Balaban J connectivity index is 0.00000210. The van der Waals surface area contributed by atoms with Crippen LogP contribution in [-0.2, 0) is 13.1 Å². The summed E-state index contributed by atoms with van der Waals surface area (Å²) >= 11 is 0. The van der Waals surface area contributed by atoms with Gasteiger partial charge in [-0.3, -0.25) is 9.80 Å². The van der Waals surface area contributed by atoms with Crippen LogP contribution in [0, 0.1) is 0 Å². The minimum absolute atomic E-state index is 0. The van der Waals surface area contributed by atoms with Crippen LogP contribution in [0.25, 0.3) is 0 Å². The maximum Gasteiger partial charge on any atom is 0.203 e. The third kappa shape index (κ3) is 6.31. The van der Waals surface area contributed by atoms with Crippen molar-refractivity contribution in [3.05, 3.63) is 47.5 Å². The van der Waals surface area contributed by atoms with Crippen LogP contribution in [0.1, 0.15) is 11.1 Å². The van der Waals surface area contributed by atoms with Gasteiger partial charge in [0, 0.05) is 50.5 Å². The molecule has 0 bridgehead atoms. The summed E-state index contributed by atoms with van der Waals surface area (Å²) in [6.07, 6.45) is 0. The highest BCUT2D eigenvalue weighted by Gasteiger charge is 2.21. The second-order valence-electron chi connectivity index (χ2n) is 6.79. The van der Waals surface area contributed by atoms with Gasteiger partial charge in [0.15, 0.2) is 11.5 Å². The number of methoxy groups -OCH3 is 3. The number of piperazine rings is 1. The highest BCUT2D eigenvalue weighted by atomic mass is 35.5. The first-order valence-electron chi connectivity index (χ1n) is 9.21. The molecule has 1 heterocycles. The van der Waals surface area contributed by atoms with Gasteiger partial charge < -0.3 is 19.9 Å². The zero-order valence-corrected chi connectivity index (χ0v) is 18.9. The average Bonchev–Trinajstić information content (AvgIpc) is 2.69. The van der Waals surface area contributed by atoms with E-state index in [0.29, 0.717) is 11.5 Å². The van der Waals surface area contributed by atoms with E-state index >= 15 is 0 Å². The molecule has 0 amide bonds. The predicted octanol–water partition coefficient (Wildman–Crippen LogP) is 3.46. The first-order chi connectivity index (χ1) is 13.1. The van der Waals surface area contributed by atoms with Crippen molar-refractivity contribution in [3.8, 4) is 17.2 Å². The van der Waals surface area contributed by atoms with Crippen LogP contribution in [0.15, 0.2) is 36.4 Å². The number of nitrogens with zero attached hydrogens (tertiary/aromatic N) is 2. The summed E-state index contributed by atoms with van der Waals surface area (Å²) in [5.74, 6) is 2.09. The molecule has 29 heavy (non-hydrogen) atoms. The van der Waals surface area contributed by atoms with Crippen LogP contribution < -0.4 is 19.9 Å². The fourth-order valence-corrected chi connectivity index (χ4v) is 3.58. The molecular weight excluding hydrogens is 413 g/mol. The Kier molecular flexibility index (Phi) is 10.4. The number of halogens is 2. The molecule has 6 nitrogen and oxygen atoms in total. The van der Waals surface area contributed by atoms with Gasteiger partial charge in [-0.15, -0.1) is 24.8 Å². The Morgan fingerprint density at radius 2 is 1.41 bits per heavy atom. The predicted molar refractivity (Wildman–Crippen MR) is 122 cm³/mol. The largest absolute Gasteiger partial charge is 0.493 e. The second kappa shape index (κ2) is 12.0. The molecule has 0 atom stereocenters. The molecule has 8 heteroatoms. The number of hydrogen-bond acceptors (Lipinski definition) is 6. The third-order valence-electron chi connectivity index (χ3n) is 5.00. The van der Waals surface area contributed by atoms with Gasteiger partial charge in [0.1, 0.15) is 0 Å². The molecule has 2 aromatic rings. The number of ether oxygens (including phenoxy) is 3. The van der Waals surface area contributed by atoms with Gasteiger partial charge in [0.25, 0.3) is 0 Å². The molecule has 1 saturated heterocycles. The van der Waals surface area contributed by atoms with Gasteiger partial charge >= 0.3 is 0 Å². The van der Waals surface area contributed by atoms with Crippen molar-refractivity contribution in [3.63, 3.8) is 0 Å². The Hall–Kier alpha value is -1.86. The number of benzene rings is 2. The van der Waals surface area contributed by atoms with E-state index in [4.69, 9.17) is 19.9 Å². The van der Waals surface area contributed by atoms with E-state index in [9.17, 15) is 0 Å². The molecule has 1 aliphatic heterocycles.